The Balaban J connectivity index is 1.16. The second-order valence-corrected chi connectivity index (χ2v) is 18.6. The van der Waals surface area contributed by atoms with E-state index >= 15 is 0 Å². The molecule has 2 aliphatic heterocycles. The van der Waals surface area contributed by atoms with Crippen LogP contribution in [0.25, 0.3) is 11.1 Å². The van der Waals surface area contributed by atoms with Gasteiger partial charge in [0.1, 0.15) is 0 Å². The number of sulfonamides is 1. The molecule has 10 heteroatoms. The number of nitrogens with one attached hydrogen (secondary N) is 2. The molecule has 4 aromatic carbocycles. The van der Waals surface area contributed by atoms with Gasteiger partial charge in [0.15, 0.2) is 6.29 Å². The van der Waals surface area contributed by atoms with Crippen molar-refractivity contribution in [1.29, 1.82) is 0 Å². The van der Waals surface area contributed by atoms with Crippen molar-refractivity contribution in [2.45, 2.75) is 120 Å². The van der Waals surface area contributed by atoms with Crippen molar-refractivity contribution in [3.05, 3.63) is 125 Å². The van der Waals surface area contributed by atoms with E-state index in [0.717, 1.165) is 52.6 Å². The van der Waals surface area contributed by atoms with E-state index in [4.69, 9.17) is 9.47 Å². The first-order chi connectivity index (χ1) is 26.9. The number of nitrogens with zero attached hydrogens (tertiary/aromatic N) is 1. The highest BCUT2D eigenvalue weighted by Crippen LogP contribution is 2.44. The van der Waals surface area contributed by atoms with E-state index in [0.29, 0.717) is 18.5 Å². The summed E-state index contributed by atoms with van der Waals surface area (Å²) in [6.45, 7) is 9.05. The zero-order valence-corrected chi connectivity index (χ0v) is 33.9. The third-order valence-electron chi connectivity index (χ3n) is 11.8. The fourth-order valence-corrected chi connectivity index (χ4v) is 9.92. The third kappa shape index (κ3) is 9.28. The average molecular weight is 780 g/mol. The molecule has 1 saturated carbocycles. The van der Waals surface area contributed by atoms with Crippen LogP contribution < -0.4 is 10.0 Å². The summed E-state index contributed by atoms with van der Waals surface area (Å²) in [6, 6.07) is 32.4. The van der Waals surface area contributed by atoms with Gasteiger partial charge < -0.3 is 19.9 Å². The number of carbonyl (C=O) groups is 1. The Morgan fingerprint density at radius 1 is 0.821 bits per heavy atom. The second kappa shape index (κ2) is 17.3. The summed E-state index contributed by atoms with van der Waals surface area (Å²) >= 11 is 0. The Labute approximate surface area is 332 Å². The predicted molar refractivity (Wildman–Crippen MR) is 219 cm³/mol. The van der Waals surface area contributed by atoms with Crippen LogP contribution in [0.2, 0.25) is 0 Å². The number of aliphatic hydroxyl groups is 1. The number of carbonyl (C=O) groups excluding carboxylic acids is 1. The van der Waals surface area contributed by atoms with Crippen molar-refractivity contribution in [2.24, 2.45) is 11.8 Å². The number of hydrogen-bond donors (Lipinski definition) is 3. The maximum atomic E-state index is 13.9. The molecular weight excluding hydrogens is 723 g/mol. The molecule has 0 spiro atoms. The molecule has 0 unspecified atom stereocenters. The van der Waals surface area contributed by atoms with E-state index in [2.05, 4.69) is 21.9 Å². The minimum absolute atomic E-state index is 0.0210. The van der Waals surface area contributed by atoms with E-state index in [1.807, 2.05) is 93.6 Å². The van der Waals surface area contributed by atoms with Gasteiger partial charge in [-0.15, -0.1) is 0 Å². The summed E-state index contributed by atoms with van der Waals surface area (Å²) in [7, 11) is -3.68. The van der Waals surface area contributed by atoms with Gasteiger partial charge in [-0.25, -0.2) is 13.1 Å². The van der Waals surface area contributed by atoms with Crippen molar-refractivity contribution >= 4 is 15.9 Å². The standard InChI is InChI=1S/C46H57N3O6S/c1-31-42(29-49-40-17-11-9-12-34(40)26-27-41(49)44(51)48-46(2,3)4)54-45(55-43(31)35-20-18-32(30-50)19-21-35)36-24-22-33(23-25-36)39-16-10-8-13-37(39)28-47-56(52,53)38-14-6-5-7-15-38/h5-8,10,13-16,18-25,31,34,40-43,45,47,50H,9,11-12,17,26-30H2,1-4H3,(H,48,51)/t31-,34+,40+,41+,42+,43+,45+/m0/s1. The topological polar surface area (TPSA) is 117 Å². The van der Waals surface area contributed by atoms with Crippen molar-refractivity contribution in [2.75, 3.05) is 6.54 Å². The molecule has 2 heterocycles. The number of aliphatic hydroxyl groups excluding tert-OH is 1. The summed E-state index contributed by atoms with van der Waals surface area (Å²) in [5, 5.41) is 13.0. The van der Waals surface area contributed by atoms with Crippen LogP contribution in [0.1, 0.15) is 101 Å². The molecule has 298 valence electrons. The van der Waals surface area contributed by atoms with E-state index in [1.54, 1.807) is 30.3 Å². The highest BCUT2D eigenvalue weighted by Gasteiger charge is 2.46. The highest BCUT2D eigenvalue weighted by atomic mass is 32.2. The Morgan fingerprint density at radius 3 is 2.21 bits per heavy atom. The predicted octanol–water partition coefficient (Wildman–Crippen LogP) is 8.05. The minimum Gasteiger partial charge on any atom is -0.392 e. The number of rotatable bonds is 11. The molecule has 7 rings (SSSR count). The zero-order valence-electron chi connectivity index (χ0n) is 33.1. The van der Waals surface area contributed by atoms with Gasteiger partial charge in [-0.2, -0.15) is 0 Å². The quantitative estimate of drug-likeness (QED) is 0.141. The van der Waals surface area contributed by atoms with E-state index in [-0.39, 0.29) is 53.7 Å². The lowest BCUT2D eigenvalue weighted by Crippen LogP contribution is -2.61. The first kappa shape index (κ1) is 40.3. The zero-order chi connectivity index (χ0) is 39.5. The van der Waals surface area contributed by atoms with Crippen LogP contribution in [0.4, 0.5) is 0 Å². The molecule has 2 saturated heterocycles. The Kier molecular flexibility index (Phi) is 12.5. The van der Waals surface area contributed by atoms with Crippen molar-refractivity contribution < 1.29 is 27.8 Å². The maximum Gasteiger partial charge on any atom is 0.240 e. The SMILES string of the molecule is C[C@H]1[C@@H](CN2[C@@H](C(=O)NC(C)(C)C)CC[C@H]3CCCC[C@H]32)O[C@@H](c2ccc(-c3ccccc3CNS(=O)(=O)c3ccccc3)cc2)O[C@H]1c1ccc(CO)cc1. The van der Waals surface area contributed by atoms with Gasteiger partial charge >= 0.3 is 0 Å². The molecule has 4 aromatic rings. The molecule has 1 amide bonds. The van der Waals surface area contributed by atoms with Crippen molar-refractivity contribution in [3.8, 4) is 11.1 Å². The van der Waals surface area contributed by atoms with Gasteiger partial charge in [0.25, 0.3) is 0 Å². The van der Waals surface area contributed by atoms with Gasteiger partial charge in [-0.1, -0.05) is 111 Å². The summed E-state index contributed by atoms with van der Waals surface area (Å²) < 4.78 is 42.6. The van der Waals surface area contributed by atoms with Crippen LogP contribution >= 0.6 is 0 Å². The molecule has 7 atom stereocenters. The number of benzene rings is 4. The molecular formula is C46H57N3O6S. The molecule has 0 bridgehead atoms. The number of amides is 1. The molecule has 56 heavy (non-hydrogen) atoms. The smallest absolute Gasteiger partial charge is 0.240 e. The number of ether oxygens (including phenoxy) is 2. The first-order valence-electron chi connectivity index (χ1n) is 20.2. The van der Waals surface area contributed by atoms with Gasteiger partial charge in [0, 0.05) is 36.2 Å². The molecule has 3 N–H and O–H groups in total. The molecule has 9 nitrogen and oxygen atoms in total. The number of piperidine rings is 1. The van der Waals surface area contributed by atoms with Crippen LogP contribution in [0.5, 0.6) is 0 Å². The first-order valence-corrected chi connectivity index (χ1v) is 21.7. The Hall–Kier alpha value is -3.90. The molecule has 1 aliphatic carbocycles. The van der Waals surface area contributed by atoms with E-state index in [1.165, 1.54) is 19.3 Å². The average Bonchev–Trinajstić information content (AvgIpc) is 3.21. The summed E-state index contributed by atoms with van der Waals surface area (Å²) in [4.78, 5) is 16.6. The van der Waals surface area contributed by atoms with Gasteiger partial charge in [0.2, 0.25) is 15.9 Å². The lowest BCUT2D eigenvalue weighted by atomic mass is 9.75. The normalized spacial score (nSPS) is 26.0. The molecule has 3 fully saturated rings. The summed E-state index contributed by atoms with van der Waals surface area (Å²) in [5.41, 5.74) is 5.15. The lowest BCUT2D eigenvalue weighted by Gasteiger charge is -2.51. The van der Waals surface area contributed by atoms with E-state index in [9.17, 15) is 18.3 Å². The van der Waals surface area contributed by atoms with Crippen LogP contribution in [0.3, 0.4) is 0 Å². The maximum absolute atomic E-state index is 13.9. The van der Waals surface area contributed by atoms with Crippen LogP contribution in [-0.2, 0) is 37.4 Å². The van der Waals surface area contributed by atoms with Gasteiger partial charge in [-0.05, 0) is 92.3 Å². The number of hydrogen-bond acceptors (Lipinski definition) is 7. The molecule has 3 aliphatic rings. The number of likely N-dealkylation sites (tertiary alicyclic amines) is 1. The minimum atomic E-state index is -3.68. The largest absolute Gasteiger partial charge is 0.392 e. The van der Waals surface area contributed by atoms with Crippen LogP contribution in [0.15, 0.2) is 108 Å². The Bertz CT molecular complexity index is 2030. The molecule has 0 radical (unpaired) electrons. The summed E-state index contributed by atoms with van der Waals surface area (Å²) in [5.74, 6) is 0.657. The van der Waals surface area contributed by atoms with Gasteiger partial charge in [0.05, 0.1) is 29.8 Å². The highest BCUT2D eigenvalue weighted by molar-refractivity contribution is 7.89. The fourth-order valence-electron chi connectivity index (χ4n) is 8.90. The lowest BCUT2D eigenvalue weighted by molar-refractivity contribution is -0.278. The monoisotopic (exact) mass is 779 g/mol. The third-order valence-corrected chi connectivity index (χ3v) is 13.3. The second-order valence-electron chi connectivity index (χ2n) is 16.9. The summed E-state index contributed by atoms with van der Waals surface area (Å²) in [6.07, 6.45) is 5.47. The fraction of sp³-hybridized carbons (Fsp3) is 0.457. The molecule has 0 aromatic heterocycles. The van der Waals surface area contributed by atoms with E-state index < -0.39 is 16.3 Å². The Morgan fingerprint density at radius 2 is 1.50 bits per heavy atom. The number of fused-ring (bicyclic) bond motifs is 1. The van der Waals surface area contributed by atoms with Crippen LogP contribution in [0, 0.1) is 11.8 Å². The van der Waals surface area contributed by atoms with Crippen molar-refractivity contribution in [1.82, 2.24) is 14.9 Å². The van der Waals surface area contributed by atoms with Crippen molar-refractivity contribution in [3.63, 3.8) is 0 Å². The van der Waals surface area contributed by atoms with Crippen LogP contribution in [-0.4, -0.2) is 54.6 Å². The van der Waals surface area contributed by atoms with Gasteiger partial charge in [-0.3, -0.25) is 9.69 Å².